The van der Waals surface area contributed by atoms with Gasteiger partial charge in [0, 0.05) is 7.97 Å². The van der Waals surface area contributed by atoms with Crippen LogP contribution in [0.3, 0.4) is 0 Å². The van der Waals surface area contributed by atoms with Gasteiger partial charge in [0.15, 0.2) is 5.71 Å². The highest BCUT2D eigenvalue weighted by atomic mass is 16.2. The van der Waals surface area contributed by atoms with Crippen LogP contribution in [0, 0.1) is 10.8 Å². The summed E-state index contributed by atoms with van der Waals surface area (Å²) in [6.45, 7) is 2.04. The summed E-state index contributed by atoms with van der Waals surface area (Å²) in [7, 11) is 0. The van der Waals surface area contributed by atoms with E-state index in [0.29, 0.717) is 5.71 Å². The number of hydrogen-bond donors (Lipinski definition) is 4. The van der Waals surface area contributed by atoms with Gasteiger partial charge >= 0.3 is 0 Å². The topological polar surface area (TPSA) is 120 Å². The number of primary amides is 1. The molecule has 106 valence electrons. The highest BCUT2D eigenvalue weighted by Gasteiger charge is 2.13. The molecule has 2 amide bonds. The minimum Gasteiger partial charge on any atom is -0.364 e. The molecule has 0 atom stereocenters. The molecule has 0 fully saturated rings. The van der Waals surface area contributed by atoms with Crippen LogP contribution in [0.5, 0.6) is 0 Å². The molecular weight excluding hydrogens is 256 g/mol. The fourth-order valence-electron chi connectivity index (χ4n) is 1.47. The second-order valence-corrected chi connectivity index (χ2v) is 3.99. The molecule has 0 aromatic carbocycles. The number of carbonyl (C=O) groups is 2. The van der Waals surface area contributed by atoms with E-state index in [1.165, 1.54) is 0 Å². The Morgan fingerprint density at radius 3 is 2.75 bits per heavy atom. The molecule has 0 saturated carbocycles. The molecule has 5 N–H and O–H groups in total. The Hall–Kier alpha value is -2.76. The van der Waals surface area contributed by atoms with Crippen LogP contribution in [0.1, 0.15) is 8.35 Å². The molecular formula is C14H18N4O2. The third-order valence-corrected chi connectivity index (χ3v) is 2.55. The van der Waals surface area contributed by atoms with Crippen molar-refractivity contribution in [2.24, 2.45) is 5.73 Å². The van der Waals surface area contributed by atoms with Gasteiger partial charge in [-0.15, -0.1) is 0 Å². The Kier molecular flexibility index (Phi) is 5.34. The molecule has 0 unspecified atom stereocenters. The highest BCUT2D eigenvalue weighted by molar-refractivity contribution is 6.63. The molecule has 20 heavy (non-hydrogen) atoms. The third kappa shape index (κ3) is 4.16. The maximum Gasteiger partial charge on any atom is 0.275 e. The van der Waals surface area contributed by atoms with Crippen molar-refractivity contribution in [3.63, 3.8) is 0 Å². The van der Waals surface area contributed by atoms with E-state index >= 15 is 0 Å². The van der Waals surface area contributed by atoms with E-state index < -0.39 is 17.5 Å². The summed E-state index contributed by atoms with van der Waals surface area (Å²) in [6.07, 6.45) is 10.6. The maximum absolute atomic E-state index is 11.2. The largest absolute Gasteiger partial charge is 0.364 e. The zero-order valence-electron chi connectivity index (χ0n) is 11.1. The average Bonchev–Trinajstić information content (AvgIpc) is 2.43. The molecule has 0 aliphatic heterocycles. The zero-order valence-corrected chi connectivity index (χ0v) is 11.1. The first-order valence-corrected chi connectivity index (χ1v) is 5.93. The molecule has 1 aliphatic carbocycles. The molecule has 0 radical (unpaired) electrons. The summed E-state index contributed by atoms with van der Waals surface area (Å²) in [5, 5.41) is 17.1. The Morgan fingerprint density at radius 2 is 2.15 bits per heavy atom. The first-order valence-electron chi connectivity index (χ1n) is 5.93. The van der Waals surface area contributed by atoms with Gasteiger partial charge in [0.1, 0.15) is 0 Å². The minimum absolute atomic E-state index is 0. The van der Waals surface area contributed by atoms with E-state index in [1.54, 1.807) is 24.3 Å². The summed E-state index contributed by atoms with van der Waals surface area (Å²) in [5.74, 6) is -1.85. The Bertz CT molecular complexity index is 586. The number of nitrogens with two attached hydrogens (primary N) is 1. The van der Waals surface area contributed by atoms with Crippen molar-refractivity contribution in [3.05, 3.63) is 47.6 Å². The summed E-state index contributed by atoms with van der Waals surface area (Å²) in [6, 6.07) is 0. The van der Waals surface area contributed by atoms with Crippen molar-refractivity contribution in [1.29, 1.82) is 10.8 Å². The predicted molar refractivity (Wildman–Crippen MR) is 79.9 cm³/mol. The molecule has 0 aromatic heterocycles. The van der Waals surface area contributed by atoms with Crippen LogP contribution in [0.4, 0.5) is 0 Å². The van der Waals surface area contributed by atoms with Gasteiger partial charge in [0.2, 0.25) is 0 Å². The fourth-order valence-corrected chi connectivity index (χ4v) is 1.47. The smallest absolute Gasteiger partial charge is 0.275 e. The van der Waals surface area contributed by atoms with Gasteiger partial charge in [-0.2, -0.15) is 0 Å². The molecule has 1 aliphatic rings. The van der Waals surface area contributed by atoms with Crippen LogP contribution in [0.2, 0.25) is 0 Å². The lowest BCUT2D eigenvalue weighted by atomic mass is 10.00. The maximum atomic E-state index is 11.2. The van der Waals surface area contributed by atoms with Crippen LogP contribution in [-0.2, 0) is 9.59 Å². The van der Waals surface area contributed by atoms with Crippen LogP contribution in [0.25, 0.3) is 0 Å². The number of hydrogen-bond acceptors (Lipinski definition) is 4. The lowest BCUT2D eigenvalue weighted by Gasteiger charge is -2.07. The third-order valence-electron chi connectivity index (χ3n) is 2.55. The Balaban J connectivity index is 0.00000400. The zero-order chi connectivity index (χ0) is 15.1. The van der Waals surface area contributed by atoms with Crippen LogP contribution >= 0.6 is 0 Å². The van der Waals surface area contributed by atoms with Crippen molar-refractivity contribution in [2.45, 2.75) is 6.92 Å². The van der Waals surface area contributed by atoms with Crippen molar-refractivity contribution in [2.75, 3.05) is 6.54 Å². The van der Waals surface area contributed by atoms with E-state index in [1.807, 2.05) is 19.1 Å². The molecule has 0 bridgehead atoms. The SMILES string of the molecule is C/C=C1C=C(/C=C/CNC(=O)C(=N)C(N)=O)C=CC/1=N.[HH]. The molecule has 1 rings (SSSR count). The van der Waals surface area contributed by atoms with Gasteiger partial charge in [-0.1, -0.05) is 24.3 Å². The number of allylic oxidation sites excluding steroid dienone is 7. The van der Waals surface area contributed by atoms with Crippen LogP contribution < -0.4 is 11.1 Å². The molecule has 0 saturated heterocycles. The van der Waals surface area contributed by atoms with Crippen molar-refractivity contribution >= 4 is 23.2 Å². The van der Waals surface area contributed by atoms with Crippen molar-refractivity contribution in [1.82, 2.24) is 5.32 Å². The first-order chi connectivity index (χ1) is 9.45. The second-order valence-electron chi connectivity index (χ2n) is 3.99. The monoisotopic (exact) mass is 274 g/mol. The van der Waals surface area contributed by atoms with Gasteiger partial charge in [-0.3, -0.25) is 15.0 Å². The first kappa shape index (κ1) is 15.3. The second kappa shape index (κ2) is 6.98. The lowest BCUT2D eigenvalue weighted by molar-refractivity contribution is -0.117. The number of carbonyl (C=O) groups excluding carboxylic acids is 2. The van der Waals surface area contributed by atoms with Crippen molar-refractivity contribution in [3.8, 4) is 0 Å². The fraction of sp³-hybridized carbons (Fsp3) is 0.143. The Labute approximate surface area is 118 Å². The predicted octanol–water partition coefficient (Wildman–Crippen LogP) is 0.872. The van der Waals surface area contributed by atoms with Crippen molar-refractivity contribution < 1.29 is 11.0 Å². The van der Waals surface area contributed by atoms with Gasteiger partial charge in [-0.05, 0) is 30.2 Å². The number of amides is 2. The molecule has 0 spiro atoms. The summed E-state index contributed by atoms with van der Waals surface area (Å²) < 4.78 is 0. The summed E-state index contributed by atoms with van der Waals surface area (Å²) >= 11 is 0. The summed E-state index contributed by atoms with van der Waals surface area (Å²) in [5.41, 5.74) is 6.22. The normalized spacial score (nSPS) is 16.4. The van der Waals surface area contributed by atoms with E-state index in [4.69, 9.17) is 16.6 Å². The quantitative estimate of drug-likeness (QED) is 0.439. The average molecular weight is 274 g/mol. The lowest BCUT2D eigenvalue weighted by Crippen LogP contribution is -2.38. The molecule has 0 aromatic rings. The van der Waals surface area contributed by atoms with Gasteiger partial charge in [0.25, 0.3) is 11.8 Å². The standard InChI is InChI=1S/C14H16N4O2.H2/c1-2-10-8-9(5-6-11(10)15)4-3-7-18-14(20)12(16)13(17)19;/h2-6,8,15-16H,7H2,1H3,(H2,17,19)(H,18,20);1H/b4-3+,10-2-,15-11?,16-12?;. The van der Waals surface area contributed by atoms with Gasteiger partial charge < -0.3 is 16.5 Å². The molecule has 6 nitrogen and oxygen atoms in total. The van der Waals surface area contributed by atoms with Gasteiger partial charge in [-0.25, -0.2) is 0 Å². The van der Waals surface area contributed by atoms with E-state index in [2.05, 4.69) is 5.32 Å². The number of rotatable bonds is 5. The summed E-state index contributed by atoms with van der Waals surface area (Å²) in [4.78, 5) is 21.8. The van der Waals surface area contributed by atoms with E-state index in [-0.39, 0.29) is 7.97 Å². The molecule has 6 heteroatoms. The number of nitrogens with one attached hydrogen (secondary N) is 3. The van der Waals surface area contributed by atoms with Crippen LogP contribution in [-0.4, -0.2) is 29.8 Å². The van der Waals surface area contributed by atoms with E-state index in [9.17, 15) is 9.59 Å². The minimum atomic E-state index is -1.05. The van der Waals surface area contributed by atoms with Gasteiger partial charge in [0.05, 0.1) is 5.71 Å². The van der Waals surface area contributed by atoms with Crippen LogP contribution in [0.15, 0.2) is 47.6 Å². The Morgan fingerprint density at radius 1 is 1.45 bits per heavy atom. The molecule has 0 heterocycles. The highest BCUT2D eigenvalue weighted by Crippen LogP contribution is 2.13. The van der Waals surface area contributed by atoms with E-state index in [0.717, 1.165) is 11.1 Å².